The van der Waals surface area contributed by atoms with E-state index in [1.54, 1.807) is 51.4 Å². The van der Waals surface area contributed by atoms with Gasteiger partial charge < -0.3 is 29.6 Å². The molecule has 2 heterocycles. The van der Waals surface area contributed by atoms with Gasteiger partial charge in [-0.25, -0.2) is 23.8 Å². The SMILES string of the molecule is CCCCCCCCCCCCCCOC(=O)c1ccc(OC)c(NC(=O)C(c2nc3ccccc3c(=O)n2N(C)C)n2c(O)c(OCC)n(Cc3ccccc3)c2=O)c1. The first-order chi connectivity index (χ1) is 29.1. The number of rotatable bonds is 24. The fraction of sp³-hybridized carbons (Fsp3) is 0.457. The summed E-state index contributed by atoms with van der Waals surface area (Å²) in [4.78, 5) is 61.4. The molecule has 1 amide bonds. The molecular weight excluding hydrogens is 765 g/mol. The zero-order chi connectivity index (χ0) is 43.0. The molecular formula is C46H60N6O8. The Balaban J connectivity index is 1.42. The van der Waals surface area contributed by atoms with Crippen LogP contribution in [0.25, 0.3) is 10.9 Å². The number of carbonyl (C=O) groups is 2. The summed E-state index contributed by atoms with van der Waals surface area (Å²) in [5, 5.41) is 16.3. The second-order valence-electron chi connectivity index (χ2n) is 15.1. The van der Waals surface area contributed by atoms with Crippen LogP contribution in [-0.2, 0) is 16.1 Å². The maximum atomic E-state index is 14.9. The molecule has 2 aromatic heterocycles. The second-order valence-corrected chi connectivity index (χ2v) is 15.1. The van der Waals surface area contributed by atoms with Gasteiger partial charge in [0.2, 0.25) is 0 Å². The van der Waals surface area contributed by atoms with Gasteiger partial charge in [0.1, 0.15) is 5.75 Å². The third kappa shape index (κ3) is 11.2. The summed E-state index contributed by atoms with van der Waals surface area (Å²) in [6.07, 6.45) is 14.3. The number of methoxy groups -OCH3 is 1. The second kappa shape index (κ2) is 22.4. The van der Waals surface area contributed by atoms with Crippen molar-refractivity contribution in [3.63, 3.8) is 0 Å². The van der Waals surface area contributed by atoms with Crippen molar-refractivity contribution in [1.82, 2.24) is 18.8 Å². The minimum absolute atomic E-state index is 0.00672. The summed E-state index contributed by atoms with van der Waals surface area (Å²) < 4.78 is 20.3. The van der Waals surface area contributed by atoms with E-state index in [1.807, 2.05) is 30.3 Å². The highest BCUT2D eigenvalue weighted by atomic mass is 16.5. The van der Waals surface area contributed by atoms with Gasteiger partial charge >= 0.3 is 11.7 Å². The van der Waals surface area contributed by atoms with E-state index in [4.69, 9.17) is 19.2 Å². The summed E-state index contributed by atoms with van der Waals surface area (Å²) >= 11 is 0. The Morgan fingerprint density at radius 3 is 2.10 bits per heavy atom. The molecule has 0 spiro atoms. The van der Waals surface area contributed by atoms with Crippen molar-refractivity contribution < 1.29 is 28.9 Å². The van der Waals surface area contributed by atoms with E-state index in [9.17, 15) is 24.3 Å². The van der Waals surface area contributed by atoms with Crippen LogP contribution in [0.3, 0.4) is 0 Å². The number of hydrogen-bond acceptors (Lipinski definition) is 10. The van der Waals surface area contributed by atoms with Crippen LogP contribution in [0.4, 0.5) is 5.69 Å². The molecule has 0 fully saturated rings. The van der Waals surface area contributed by atoms with Gasteiger partial charge in [0.25, 0.3) is 23.2 Å². The Morgan fingerprint density at radius 2 is 1.47 bits per heavy atom. The molecule has 0 aliphatic rings. The summed E-state index contributed by atoms with van der Waals surface area (Å²) in [5.41, 5.74) is -0.0356. The Bertz CT molecular complexity index is 2300. The van der Waals surface area contributed by atoms with Crippen molar-refractivity contribution in [3.8, 4) is 17.5 Å². The molecule has 0 radical (unpaired) electrons. The molecule has 322 valence electrons. The number of unbranched alkanes of at least 4 members (excludes halogenated alkanes) is 11. The van der Waals surface area contributed by atoms with E-state index in [-0.39, 0.29) is 59.4 Å². The zero-order valence-corrected chi connectivity index (χ0v) is 35.7. The summed E-state index contributed by atoms with van der Waals surface area (Å²) in [6, 6.07) is 18.5. The third-order valence-corrected chi connectivity index (χ3v) is 10.4. The number of fused-ring (bicyclic) bond motifs is 1. The highest BCUT2D eigenvalue weighted by Crippen LogP contribution is 2.33. The van der Waals surface area contributed by atoms with Crippen LogP contribution in [0, 0.1) is 0 Å². The van der Waals surface area contributed by atoms with Crippen molar-refractivity contribution in [2.75, 3.05) is 44.7 Å². The van der Waals surface area contributed by atoms with Crippen molar-refractivity contribution in [2.45, 2.75) is 103 Å². The maximum absolute atomic E-state index is 14.9. The summed E-state index contributed by atoms with van der Waals surface area (Å²) in [6.45, 7) is 4.30. The number of anilines is 1. The van der Waals surface area contributed by atoms with Crippen LogP contribution >= 0.6 is 0 Å². The van der Waals surface area contributed by atoms with E-state index in [0.29, 0.717) is 0 Å². The molecule has 0 bridgehead atoms. The van der Waals surface area contributed by atoms with E-state index < -0.39 is 35.0 Å². The maximum Gasteiger partial charge on any atom is 0.338 e. The van der Waals surface area contributed by atoms with Crippen LogP contribution in [-0.4, -0.2) is 70.2 Å². The van der Waals surface area contributed by atoms with Gasteiger partial charge in [-0.2, -0.15) is 0 Å². The molecule has 14 nitrogen and oxygen atoms in total. The number of nitrogens with one attached hydrogen (secondary N) is 1. The summed E-state index contributed by atoms with van der Waals surface area (Å²) in [7, 11) is 4.61. The van der Waals surface area contributed by atoms with Crippen molar-refractivity contribution in [1.29, 1.82) is 0 Å². The molecule has 0 saturated heterocycles. The number of benzene rings is 3. The van der Waals surface area contributed by atoms with Gasteiger partial charge in [-0.3, -0.25) is 14.2 Å². The third-order valence-electron chi connectivity index (χ3n) is 10.4. The highest BCUT2D eigenvalue weighted by molar-refractivity contribution is 5.99. The fourth-order valence-electron chi connectivity index (χ4n) is 7.33. The van der Waals surface area contributed by atoms with Crippen LogP contribution in [0.2, 0.25) is 0 Å². The Hall–Kier alpha value is -6.05. The quantitative estimate of drug-likeness (QED) is 0.0465. The van der Waals surface area contributed by atoms with Crippen LogP contribution < -0.4 is 31.0 Å². The Morgan fingerprint density at radius 1 is 0.833 bits per heavy atom. The Kier molecular flexibility index (Phi) is 16.8. The number of hydrogen-bond donors (Lipinski definition) is 2. The predicted molar refractivity (Wildman–Crippen MR) is 234 cm³/mol. The summed E-state index contributed by atoms with van der Waals surface area (Å²) in [5.74, 6) is -2.21. The number of ether oxygens (including phenoxy) is 3. The average Bonchev–Trinajstić information content (AvgIpc) is 3.46. The molecule has 1 unspecified atom stereocenters. The molecule has 0 saturated carbocycles. The topological polar surface area (TPSA) is 159 Å². The fourth-order valence-corrected chi connectivity index (χ4v) is 7.33. The molecule has 5 rings (SSSR count). The molecule has 60 heavy (non-hydrogen) atoms. The minimum Gasteiger partial charge on any atom is -0.495 e. The van der Waals surface area contributed by atoms with Crippen LogP contribution in [0.5, 0.6) is 17.5 Å². The number of carbonyl (C=O) groups excluding carboxylic acids is 2. The number of nitrogens with zero attached hydrogens (tertiary/aromatic N) is 5. The van der Waals surface area contributed by atoms with Crippen LogP contribution in [0.15, 0.2) is 82.4 Å². The smallest absolute Gasteiger partial charge is 0.338 e. The van der Waals surface area contributed by atoms with Crippen molar-refractivity contribution in [3.05, 3.63) is 111 Å². The normalized spacial score (nSPS) is 11.7. The molecule has 1 atom stereocenters. The van der Waals surface area contributed by atoms with Gasteiger partial charge in [0.05, 0.1) is 49.0 Å². The largest absolute Gasteiger partial charge is 0.495 e. The van der Waals surface area contributed by atoms with E-state index >= 15 is 0 Å². The number of imidazole rings is 1. The van der Waals surface area contributed by atoms with Crippen molar-refractivity contribution >= 4 is 28.5 Å². The number of esters is 1. The lowest BCUT2D eigenvalue weighted by atomic mass is 10.1. The molecule has 3 aromatic carbocycles. The van der Waals surface area contributed by atoms with Gasteiger partial charge in [0.15, 0.2) is 11.9 Å². The number of para-hydroxylation sites is 1. The van der Waals surface area contributed by atoms with Crippen molar-refractivity contribution in [2.24, 2.45) is 0 Å². The average molecular weight is 825 g/mol. The first-order valence-corrected chi connectivity index (χ1v) is 21.2. The lowest BCUT2D eigenvalue weighted by molar-refractivity contribution is -0.118. The Labute approximate surface area is 351 Å². The van der Waals surface area contributed by atoms with Gasteiger partial charge in [-0.15, -0.1) is 0 Å². The van der Waals surface area contributed by atoms with E-state index in [1.165, 1.54) is 91.3 Å². The molecule has 0 aliphatic heterocycles. The van der Waals surface area contributed by atoms with E-state index in [0.717, 1.165) is 29.4 Å². The number of aromatic nitrogens is 4. The van der Waals surface area contributed by atoms with Gasteiger partial charge in [0, 0.05) is 14.1 Å². The molecule has 2 N–H and O–H groups in total. The highest BCUT2D eigenvalue weighted by Gasteiger charge is 2.37. The molecule has 0 aliphatic carbocycles. The first-order valence-electron chi connectivity index (χ1n) is 21.2. The van der Waals surface area contributed by atoms with Gasteiger partial charge in [-0.1, -0.05) is 120 Å². The van der Waals surface area contributed by atoms with Gasteiger partial charge in [-0.05, 0) is 49.2 Å². The molecule has 14 heteroatoms. The first kappa shape index (κ1) is 45.0. The molecule has 5 aromatic rings. The monoisotopic (exact) mass is 824 g/mol. The standard InChI is InChI=1S/C46H60N6O8/c1-6-8-9-10-11-12-13-14-15-16-17-23-30-60-45(56)34-28-29-38(58-5)37(31-34)48-41(53)39(40-47-36-27-22-21-26-35(36)42(54)52(40)49(3)4)51-43(55)44(59-7-2)50(46(51)57)32-33-24-19-18-20-25-33/h18-22,24-29,31,39,55H,6-17,23,30,32H2,1-5H3,(H,48,53). The lowest BCUT2D eigenvalue weighted by Gasteiger charge is -2.26. The van der Waals surface area contributed by atoms with E-state index in [2.05, 4.69) is 12.2 Å². The lowest BCUT2D eigenvalue weighted by Crippen LogP contribution is -2.44. The number of aromatic hydroxyl groups is 1. The predicted octanol–water partition coefficient (Wildman–Crippen LogP) is 7.80. The number of amides is 1. The zero-order valence-electron chi connectivity index (χ0n) is 35.7. The van der Waals surface area contributed by atoms with Crippen LogP contribution in [0.1, 0.15) is 119 Å². The minimum atomic E-state index is -1.75.